The molecule has 9 nitrogen and oxygen atoms in total. The lowest BCUT2D eigenvalue weighted by Crippen LogP contribution is -2.38. The van der Waals surface area contributed by atoms with E-state index >= 15 is 0 Å². The van der Waals surface area contributed by atoms with Gasteiger partial charge in [-0.25, -0.2) is 9.97 Å². The second-order valence-corrected chi connectivity index (χ2v) is 10.7. The second-order valence-electron chi connectivity index (χ2n) is 10.7. The number of H-pyrrole nitrogens is 1. The number of benzene rings is 3. The van der Waals surface area contributed by atoms with Crippen molar-refractivity contribution in [2.24, 2.45) is 0 Å². The number of methoxy groups -OCH3 is 1. The third kappa shape index (κ3) is 5.95. The van der Waals surface area contributed by atoms with Gasteiger partial charge in [-0.1, -0.05) is 36.4 Å². The van der Waals surface area contributed by atoms with E-state index in [4.69, 9.17) is 24.2 Å². The molecule has 0 bridgehead atoms. The number of fused-ring (bicyclic) bond motifs is 2. The summed E-state index contributed by atoms with van der Waals surface area (Å²) in [5.41, 5.74) is 6.17. The summed E-state index contributed by atoms with van der Waals surface area (Å²) in [5.74, 6) is 2.67. The van der Waals surface area contributed by atoms with E-state index in [2.05, 4.69) is 62.9 Å². The van der Waals surface area contributed by atoms with Crippen LogP contribution < -0.4 is 14.8 Å². The molecule has 9 heteroatoms. The maximum Gasteiger partial charge on any atom is 0.162 e. The number of ether oxygens (including phenoxy) is 3. The Labute approximate surface area is 250 Å². The predicted octanol–water partition coefficient (Wildman–Crippen LogP) is 6.23. The van der Waals surface area contributed by atoms with E-state index in [-0.39, 0.29) is 0 Å². The number of anilines is 2. The monoisotopic (exact) mass is 574 g/mol. The van der Waals surface area contributed by atoms with Gasteiger partial charge in [-0.15, -0.1) is 0 Å². The van der Waals surface area contributed by atoms with Crippen LogP contribution in [0.15, 0.2) is 79.0 Å². The zero-order valence-corrected chi connectivity index (χ0v) is 24.2. The Kier molecular flexibility index (Phi) is 7.73. The minimum Gasteiger partial charge on any atom is -0.493 e. The first-order valence-corrected chi connectivity index (χ1v) is 14.7. The normalized spacial score (nSPS) is 15.7. The zero-order chi connectivity index (χ0) is 29.0. The molecule has 2 aliphatic rings. The van der Waals surface area contributed by atoms with Crippen molar-refractivity contribution >= 4 is 44.5 Å². The number of hydrogen-bond acceptors (Lipinski definition) is 8. The van der Waals surface area contributed by atoms with Gasteiger partial charge in [-0.05, 0) is 54.3 Å². The van der Waals surface area contributed by atoms with Crippen LogP contribution in [0, 0.1) is 0 Å². The van der Waals surface area contributed by atoms with Gasteiger partial charge in [0, 0.05) is 47.7 Å². The van der Waals surface area contributed by atoms with Crippen molar-refractivity contribution in [1.82, 2.24) is 25.1 Å². The highest BCUT2D eigenvalue weighted by molar-refractivity contribution is 5.96. The summed E-state index contributed by atoms with van der Waals surface area (Å²) in [6, 6.07) is 20.5. The Bertz CT molecular complexity index is 1810. The Morgan fingerprint density at radius 3 is 2.74 bits per heavy atom. The molecule has 218 valence electrons. The Hall–Kier alpha value is -4.73. The third-order valence-electron chi connectivity index (χ3n) is 7.96. The molecule has 7 rings (SSSR count). The number of aromatic nitrogens is 4. The van der Waals surface area contributed by atoms with Gasteiger partial charge in [0.15, 0.2) is 17.3 Å². The molecular formula is C34H34N6O3. The number of aromatic amines is 1. The lowest BCUT2D eigenvalue weighted by atomic mass is 9.93. The fraction of sp³-hybridized carbons (Fsp3) is 0.265. The highest BCUT2D eigenvalue weighted by Crippen LogP contribution is 2.37. The van der Waals surface area contributed by atoms with E-state index in [1.807, 2.05) is 36.5 Å². The van der Waals surface area contributed by atoms with E-state index in [1.165, 1.54) is 11.1 Å². The minimum atomic E-state index is 0.542. The van der Waals surface area contributed by atoms with Crippen LogP contribution in [0.25, 0.3) is 33.0 Å². The number of nitrogens with zero attached hydrogens (tertiary/aromatic N) is 4. The van der Waals surface area contributed by atoms with E-state index in [9.17, 15) is 0 Å². The van der Waals surface area contributed by atoms with E-state index in [1.54, 1.807) is 7.11 Å². The Balaban J connectivity index is 1.27. The van der Waals surface area contributed by atoms with Crippen molar-refractivity contribution in [2.75, 3.05) is 51.9 Å². The maximum atomic E-state index is 6.28. The van der Waals surface area contributed by atoms with Crippen LogP contribution >= 0.6 is 0 Å². The van der Waals surface area contributed by atoms with E-state index < -0.39 is 0 Å². The van der Waals surface area contributed by atoms with Gasteiger partial charge in [0.1, 0.15) is 12.4 Å². The minimum absolute atomic E-state index is 0.542. The molecule has 0 unspecified atom stereocenters. The summed E-state index contributed by atoms with van der Waals surface area (Å²) in [7, 11) is 1.66. The lowest BCUT2D eigenvalue weighted by Gasteiger charge is -2.26. The SMILES string of the molecule is COc1cc2nc(C3=CCCC(c4ccccc4)=C3)nc(Nc3ccc4[nH]ncc4c3)c2cc1OCCN1CCOCC1. The van der Waals surface area contributed by atoms with Crippen molar-refractivity contribution in [1.29, 1.82) is 0 Å². The molecule has 3 heterocycles. The molecule has 2 N–H and O–H groups in total. The van der Waals surface area contributed by atoms with Crippen molar-refractivity contribution in [3.8, 4) is 11.5 Å². The molecule has 43 heavy (non-hydrogen) atoms. The van der Waals surface area contributed by atoms with E-state index in [0.29, 0.717) is 29.7 Å². The van der Waals surface area contributed by atoms with Gasteiger partial charge in [0.05, 0.1) is 37.6 Å². The smallest absolute Gasteiger partial charge is 0.162 e. The molecule has 0 atom stereocenters. The molecule has 2 aromatic heterocycles. The molecule has 0 amide bonds. The lowest BCUT2D eigenvalue weighted by molar-refractivity contribution is 0.0321. The second kappa shape index (κ2) is 12.2. The van der Waals surface area contributed by atoms with E-state index in [0.717, 1.165) is 78.8 Å². The number of rotatable bonds is 9. The Morgan fingerprint density at radius 2 is 1.88 bits per heavy atom. The Morgan fingerprint density at radius 1 is 1.00 bits per heavy atom. The summed E-state index contributed by atoms with van der Waals surface area (Å²) >= 11 is 0. The number of allylic oxidation sites excluding steroid dienone is 4. The number of hydrogen-bond donors (Lipinski definition) is 2. The summed E-state index contributed by atoms with van der Waals surface area (Å²) in [6.45, 7) is 4.72. The number of nitrogens with one attached hydrogen (secondary N) is 2. The highest BCUT2D eigenvalue weighted by Gasteiger charge is 2.18. The molecule has 1 aliphatic heterocycles. The van der Waals surface area contributed by atoms with Crippen LogP contribution in [0.5, 0.6) is 11.5 Å². The molecule has 5 aromatic rings. The average molecular weight is 575 g/mol. The number of morpholine rings is 1. The van der Waals surface area contributed by atoms with Crippen molar-refractivity contribution in [3.63, 3.8) is 0 Å². The molecular weight excluding hydrogens is 540 g/mol. The van der Waals surface area contributed by atoms with Crippen LogP contribution in [-0.4, -0.2) is 71.6 Å². The van der Waals surface area contributed by atoms with Gasteiger partial charge < -0.3 is 19.5 Å². The first-order chi connectivity index (χ1) is 21.2. The van der Waals surface area contributed by atoms with Gasteiger partial charge in [-0.3, -0.25) is 10.00 Å². The van der Waals surface area contributed by atoms with Crippen LogP contribution in [0.1, 0.15) is 24.2 Å². The molecule has 1 aliphatic carbocycles. The molecule has 0 radical (unpaired) electrons. The summed E-state index contributed by atoms with van der Waals surface area (Å²) < 4.78 is 17.5. The van der Waals surface area contributed by atoms with Crippen LogP contribution in [-0.2, 0) is 4.74 Å². The van der Waals surface area contributed by atoms with Crippen LogP contribution in [0.3, 0.4) is 0 Å². The summed E-state index contributed by atoms with van der Waals surface area (Å²) in [4.78, 5) is 12.5. The summed E-state index contributed by atoms with van der Waals surface area (Å²) in [6.07, 6.45) is 8.15. The standard InChI is InChI=1S/C34H34N6O3/c1-41-31-21-30-28(20-32(31)43-17-14-40-12-15-42-16-13-40)34(36-27-10-11-29-26(19-27)22-35-39-29)38-33(37-30)25-9-5-8-24(18-25)23-6-3-2-4-7-23/h2-4,6-7,9-11,18-22H,5,8,12-17H2,1H3,(H,35,39)(H,36,37,38). The molecule has 3 aromatic carbocycles. The van der Waals surface area contributed by atoms with Crippen LogP contribution in [0.4, 0.5) is 11.5 Å². The third-order valence-corrected chi connectivity index (χ3v) is 7.96. The molecule has 1 saturated heterocycles. The predicted molar refractivity (Wildman–Crippen MR) is 170 cm³/mol. The average Bonchev–Trinajstić information content (AvgIpc) is 3.53. The van der Waals surface area contributed by atoms with Gasteiger partial charge in [-0.2, -0.15) is 5.10 Å². The maximum absolute atomic E-state index is 6.28. The highest BCUT2D eigenvalue weighted by atomic mass is 16.5. The van der Waals surface area contributed by atoms with Crippen molar-refractivity contribution < 1.29 is 14.2 Å². The largest absolute Gasteiger partial charge is 0.493 e. The fourth-order valence-electron chi connectivity index (χ4n) is 5.64. The van der Waals surface area contributed by atoms with Crippen molar-refractivity contribution in [3.05, 3.63) is 90.4 Å². The zero-order valence-electron chi connectivity index (χ0n) is 24.2. The fourth-order valence-corrected chi connectivity index (χ4v) is 5.64. The first-order valence-electron chi connectivity index (χ1n) is 14.7. The molecule has 1 fully saturated rings. The molecule has 0 saturated carbocycles. The topological polar surface area (TPSA) is 97.4 Å². The van der Waals surface area contributed by atoms with Gasteiger partial charge >= 0.3 is 0 Å². The first kappa shape index (κ1) is 27.1. The van der Waals surface area contributed by atoms with Gasteiger partial charge in [0.2, 0.25) is 0 Å². The molecule has 0 spiro atoms. The quantitative estimate of drug-likeness (QED) is 0.214. The van der Waals surface area contributed by atoms with Crippen LogP contribution in [0.2, 0.25) is 0 Å². The van der Waals surface area contributed by atoms with Crippen molar-refractivity contribution in [2.45, 2.75) is 12.8 Å². The van der Waals surface area contributed by atoms with Gasteiger partial charge in [0.25, 0.3) is 0 Å². The summed E-state index contributed by atoms with van der Waals surface area (Å²) in [5, 5.41) is 12.6.